The van der Waals surface area contributed by atoms with E-state index in [4.69, 9.17) is 9.47 Å². The van der Waals surface area contributed by atoms with Crippen molar-refractivity contribution in [3.05, 3.63) is 52.0 Å². The molecule has 0 radical (unpaired) electrons. The van der Waals surface area contributed by atoms with Gasteiger partial charge in [0.05, 0.1) is 36.5 Å². The van der Waals surface area contributed by atoms with E-state index in [1.54, 1.807) is 0 Å². The number of aliphatic hydroxyl groups is 1. The van der Waals surface area contributed by atoms with Gasteiger partial charge in [-0.1, -0.05) is 12.1 Å². The van der Waals surface area contributed by atoms with Gasteiger partial charge in [-0.05, 0) is 38.3 Å². The topological polar surface area (TPSA) is 106 Å². The molecule has 1 aliphatic heterocycles. The summed E-state index contributed by atoms with van der Waals surface area (Å²) in [5, 5.41) is 15.5. The van der Waals surface area contributed by atoms with Crippen LogP contribution in [0.5, 0.6) is 0 Å². The van der Waals surface area contributed by atoms with Crippen LogP contribution in [0.2, 0.25) is 0 Å². The van der Waals surface area contributed by atoms with Gasteiger partial charge in [0.1, 0.15) is 17.2 Å². The SMILES string of the molecule is Cc1nc(CC(=O)NC2(C(F)(F)F)CC2)c(C2OCCO2)c(NC(O)c2cccc(C(F)(F)F)c2C)n1. The fraction of sp³-hybridized carbons (Fsp3) is 0.522. The van der Waals surface area contributed by atoms with Crippen molar-refractivity contribution < 1.29 is 45.7 Å². The van der Waals surface area contributed by atoms with Crippen LogP contribution in [0.25, 0.3) is 0 Å². The zero-order valence-electron chi connectivity index (χ0n) is 19.8. The summed E-state index contributed by atoms with van der Waals surface area (Å²) in [5.41, 5.74) is -3.44. The molecule has 1 saturated heterocycles. The molecule has 2 heterocycles. The molecule has 8 nitrogen and oxygen atoms in total. The van der Waals surface area contributed by atoms with Crippen LogP contribution in [0.1, 0.15) is 59.1 Å². The summed E-state index contributed by atoms with van der Waals surface area (Å²) in [4.78, 5) is 21.0. The van der Waals surface area contributed by atoms with Crippen LogP contribution in [0, 0.1) is 13.8 Å². The zero-order chi connectivity index (χ0) is 27.2. The maximum absolute atomic E-state index is 13.3. The molecule has 2 aromatic rings. The highest BCUT2D eigenvalue weighted by Gasteiger charge is 2.64. The lowest BCUT2D eigenvalue weighted by molar-refractivity contribution is -0.170. The number of rotatable bonds is 7. The van der Waals surface area contributed by atoms with Crippen molar-refractivity contribution >= 4 is 11.7 Å². The highest BCUT2D eigenvalue weighted by molar-refractivity contribution is 5.80. The van der Waals surface area contributed by atoms with E-state index >= 15 is 0 Å². The molecule has 1 aromatic heterocycles. The van der Waals surface area contributed by atoms with Gasteiger partial charge in [0.2, 0.25) is 5.91 Å². The van der Waals surface area contributed by atoms with Crippen molar-refractivity contribution in [3.8, 4) is 0 Å². The lowest BCUT2D eigenvalue weighted by Gasteiger charge is -2.24. The quantitative estimate of drug-likeness (QED) is 0.364. The summed E-state index contributed by atoms with van der Waals surface area (Å²) in [7, 11) is 0. The van der Waals surface area contributed by atoms with E-state index in [1.165, 1.54) is 19.9 Å². The Kier molecular flexibility index (Phi) is 7.12. The molecule has 1 unspecified atom stereocenters. The van der Waals surface area contributed by atoms with Crippen molar-refractivity contribution in [3.63, 3.8) is 0 Å². The zero-order valence-corrected chi connectivity index (χ0v) is 19.8. The second-order valence-electron chi connectivity index (χ2n) is 8.92. The number of anilines is 1. The normalized spacial score (nSPS) is 18.5. The number of alkyl halides is 6. The lowest BCUT2D eigenvalue weighted by Crippen LogP contribution is -2.48. The van der Waals surface area contributed by atoms with E-state index in [0.717, 1.165) is 12.1 Å². The summed E-state index contributed by atoms with van der Waals surface area (Å²) in [5.74, 6) is -0.937. The van der Waals surface area contributed by atoms with Crippen molar-refractivity contribution in [1.29, 1.82) is 0 Å². The van der Waals surface area contributed by atoms with Gasteiger partial charge in [-0.3, -0.25) is 4.79 Å². The Hall–Kier alpha value is -2.97. The third kappa shape index (κ3) is 5.65. The molecule has 2 aliphatic rings. The van der Waals surface area contributed by atoms with Gasteiger partial charge in [-0.2, -0.15) is 26.3 Å². The van der Waals surface area contributed by atoms with Crippen LogP contribution in [0.3, 0.4) is 0 Å². The molecule has 37 heavy (non-hydrogen) atoms. The molecule has 3 N–H and O–H groups in total. The molecule has 14 heteroatoms. The minimum absolute atomic E-state index is 0.00895. The number of nitrogens with zero attached hydrogens (tertiary/aromatic N) is 2. The number of carbonyl (C=O) groups excluding carboxylic acids is 1. The van der Waals surface area contributed by atoms with E-state index in [-0.39, 0.29) is 60.1 Å². The first-order chi connectivity index (χ1) is 17.2. The number of aryl methyl sites for hydroxylation is 1. The third-order valence-corrected chi connectivity index (χ3v) is 6.24. The average Bonchev–Trinajstić information content (AvgIpc) is 3.36. The van der Waals surface area contributed by atoms with E-state index in [9.17, 15) is 36.2 Å². The Bertz CT molecular complexity index is 1180. The summed E-state index contributed by atoms with van der Waals surface area (Å²) in [6, 6.07) is 3.34. The Morgan fingerprint density at radius 2 is 1.78 bits per heavy atom. The van der Waals surface area contributed by atoms with Crippen molar-refractivity contribution in [2.45, 2.75) is 63.5 Å². The van der Waals surface area contributed by atoms with Crippen molar-refractivity contribution in [2.24, 2.45) is 0 Å². The predicted octanol–water partition coefficient (Wildman–Crippen LogP) is 4.01. The van der Waals surface area contributed by atoms with Gasteiger partial charge < -0.3 is 25.2 Å². The lowest BCUT2D eigenvalue weighted by atomic mass is 10.0. The molecular formula is C23H24F6N4O4. The van der Waals surface area contributed by atoms with E-state index in [0.29, 0.717) is 0 Å². The monoisotopic (exact) mass is 534 g/mol. The van der Waals surface area contributed by atoms with Gasteiger partial charge in [0, 0.05) is 5.56 Å². The molecule has 1 saturated carbocycles. The van der Waals surface area contributed by atoms with Crippen molar-refractivity contribution in [2.75, 3.05) is 18.5 Å². The van der Waals surface area contributed by atoms with Crippen LogP contribution in [0.15, 0.2) is 18.2 Å². The molecule has 4 rings (SSSR count). The number of aromatic nitrogens is 2. The summed E-state index contributed by atoms with van der Waals surface area (Å²) < 4.78 is 90.9. The highest BCUT2D eigenvalue weighted by atomic mass is 19.4. The Morgan fingerprint density at radius 1 is 1.14 bits per heavy atom. The molecule has 2 fully saturated rings. The fourth-order valence-electron chi connectivity index (χ4n) is 4.19. The van der Waals surface area contributed by atoms with Crippen LogP contribution in [0.4, 0.5) is 32.2 Å². The molecule has 1 aromatic carbocycles. The third-order valence-electron chi connectivity index (χ3n) is 6.24. The first-order valence-corrected chi connectivity index (χ1v) is 11.3. The van der Waals surface area contributed by atoms with Gasteiger partial charge in [-0.15, -0.1) is 0 Å². The van der Waals surface area contributed by atoms with E-state index in [2.05, 4.69) is 15.3 Å². The fourth-order valence-corrected chi connectivity index (χ4v) is 4.19. The number of amides is 1. The number of aliphatic hydroxyl groups excluding tert-OH is 1. The number of benzene rings is 1. The van der Waals surface area contributed by atoms with Crippen LogP contribution in [-0.4, -0.2) is 45.9 Å². The molecule has 1 amide bonds. The second kappa shape index (κ2) is 9.72. The number of ether oxygens (including phenoxy) is 2. The van der Waals surface area contributed by atoms with Crippen LogP contribution < -0.4 is 10.6 Å². The number of halogens is 6. The second-order valence-corrected chi connectivity index (χ2v) is 8.92. The number of carbonyl (C=O) groups is 1. The van der Waals surface area contributed by atoms with Gasteiger partial charge in [0.25, 0.3) is 0 Å². The average molecular weight is 534 g/mol. The number of hydrogen-bond acceptors (Lipinski definition) is 7. The minimum Gasteiger partial charge on any atom is -0.369 e. The maximum atomic E-state index is 13.3. The highest BCUT2D eigenvalue weighted by Crippen LogP contribution is 2.49. The Labute approximate surface area is 207 Å². The van der Waals surface area contributed by atoms with Gasteiger partial charge >= 0.3 is 12.4 Å². The minimum atomic E-state index is -4.64. The van der Waals surface area contributed by atoms with Crippen LogP contribution >= 0.6 is 0 Å². The molecule has 1 atom stereocenters. The molecule has 0 spiro atoms. The summed E-state index contributed by atoms with van der Waals surface area (Å²) in [6.07, 6.45) is -13.1. The van der Waals surface area contributed by atoms with E-state index in [1.807, 2.05) is 5.32 Å². The molecule has 0 bridgehead atoms. The number of nitrogens with one attached hydrogen (secondary N) is 2. The number of hydrogen-bond donors (Lipinski definition) is 3. The Balaban J connectivity index is 1.66. The molecule has 202 valence electrons. The Morgan fingerprint density at radius 3 is 2.35 bits per heavy atom. The smallest absolute Gasteiger partial charge is 0.369 e. The first kappa shape index (κ1) is 27.1. The van der Waals surface area contributed by atoms with Gasteiger partial charge in [0.15, 0.2) is 12.5 Å². The standard InChI is InChI=1S/C23H24F6N4O4/c1-11-13(4-3-5-14(11)22(24,25)26)19(35)32-18-17(20-36-8-9-37-20)15(30-12(2)31-18)10-16(34)33-21(6-7-21)23(27,28)29/h3-5,19-20,35H,6-10H2,1-2H3,(H,33,34)(H,30,31,32). The summed E-state index contributed by atoms with van der Waals surface area (Å²) >= 11 is 0. The van der Waals surface area contributed by atoms with Crippen LogP contribution in [-0.2, 0) is 26.9 Å². The largest absolute Gasteiger partial charge is 0.416 e. The van der Waals surface area contributed by atoms with Gasteiger partial charge in [-0.25, -0.2) is 9.97 Å². The molecular weight excluding hydrogens is 510 g/mol. The maximum Gasteiger partial charge on any atom is 0.416 e. The first-order valence-electron chi connectivity index (χ1n) is 11.3. The van der Waals surface area contributed by atoms with Crippen molar-refractivity contribution in [1.82, 2.24) is 15.3 Å². The van der Waals surface area contributed by atoms with E-state index < -0.39 is 48.3 Å². The molecule has 1 aliphatic carbocycles. The predicted molar refractivity (Wildman–Crippen MR) is 116 cm³/mol. The summed E-state index contributed by atoms with van der Waals surface area (Å²) in [6.45, 7) is 2.99.